The molecular formula is C13H14N2O4S. The van der Waals surface area contributed by atoms with Crippen LogP contribution in [0.3, 0.4) is 0 Å². The molecule has 0 aromatic heterocycles. The summed E-state index contributed by atoms with van der Waals surface area (Å²) in [7, 11) is 1.33. The highest BCUT2D eigenvalue weighted by Gasteiger charge is 2.26. The molecule has 0 aliphatic carbocycles. The van der Waals surface area contributed by atoms with Crippen LogP contribution in [0.25, 0.3) is 0 Å². The monoisotopic (exact) mass is 294 g/mol. The van der Waals surface area contributed by atoms with Crippen LogP contribution in [-0.2, 0) is 14.3 Å². The van der Waals surface area contributed by atoms with Crippen LogP contribution >= 0.6 is 12.2 Å². The van der Waals surface area contributed by atoms with Crippen molar-refractivity contribution >= 4 is 35.0 Å². The summed E-state index contributed by atoms with van der Waals surface area (Å²) in [4.78, 5) is 22.6. The number of thiocarbonyl (C=S) groups is 1. The van der Waals surface area contributed by atoms with Gasteiger partial charge in [0.1, 0.15) is 6.04 Å². The van der Waals surface area contributed by atoms with E-state index < -0.39 is 12.0 Å². The van der Waals surface area contributed by atoms with Crippen molar-refractivity contribution in [2.75, 3.05) is 19.0 Å². The van der Waals surface area contributed by atoms with Gasteiger partial charge in [0, 0.05) is 12.1 Å². The lowest BCUT2D eigenvalue weighted by molar-refractivity contribution is -0.139. The highest BCUT2D eigenvalue weighted by molar-refractivity contribution is 7.80. The molecule has 0 spiro atoms. The molecule has 6 nitrogen and oxygen atoms in total. The zero-order valence-electron chi connectivity index (χ0n) is 10.8. The molecule has 1 heterocycles. The number of carbonyl (C=O) groups is 2. The molecule has 0 radical (unpaired) electrons. The molecule has 1 fully saturated rings. The molecule has 1 aromatic rings. The number of carbonyl (C=O) groups excluding carboxylic acids is 2. The molecular weight excluding hydrogens is 280 g/mol. The van der Waals surface area contributed by atoms with Gasteiger partial charge in [0.25, 0.3) is 0 Å². The highest BCUT2D eigenvalue weighted by Crippen LogP contribution is 2.11. The van der Waals surface area contributed by atoms with Crippen molar-refractivity contribution in [1.82, 2.24) is 5.32 Å². The maximum absolute atomic E-state index is 11.3. The van der Waals surface area contributed by atoms with Crippen molar-refractivity contribution in [2.45, 2.75) is 12.5 Å². The first kappa shape index (κ1) is 14.3. The first-order valence-corrected chi connectivity index (χ1v) is 6.43. The van der Waals surface area contributed by atoms with Crippen molar-refractivity contribution in [1.29, 1.82) is 0 Å². The van der Waals surface area contributed by atoms with Crippen molar-refractivity contribution in [2.24, 2.45) is 0 Å². The Kier molecular flexibility index (Phi) is 4.52. The van der Waals surface area contributed by atoms with Gasteiger partial charge in [-0.2, -0.15) is 0 Å². The predicted octanol–water partition coefficient (Wildman–Crippen LogP) is 1.08. The van der Waals surface area contributed by atoms with Crippen LogP contribution in [0, 0.1) is 0 Å². The summed E-state index contributed by atoms with van der Waals surface area (Å²) in [5.74, 6) is -0.693. The molecule has 1 saturated heterocycles. The molecule has 0 saturated carbocycles. The van der Waals surface area contributed by atoms with Gasteiger partial charge in [-0.25, -0.2) is 9.59 Å². The number of anilines is 1. The first-order chi connectivity index (χ1) is 9.60. The van der Waals surface area contributed by atoms with Crippen molar-refractivity contribution in [3.8, 4) is 0 Å². The van der Waals surface area contributed by atoms with E-state index in [0.717, 1.165) is 0 Å². The molecule has 7 heteroatoms. The lowest BCUT2D eigenvalue weighted by Crippen LogP contribution is -2.40. The Labute approximate surface area is 121 Å². The Morgan fingerprint density at radius 1 is 1.40 bits per heavy atom. The minimum Gasteiger partial charge on any atom is -0.465 e. The normalized spacial score (nSPS) is 17.2. The van der Waals surface area contributed by atoms with Gasteiger partial charge in [-0.1, -0.05) is 0 Å². The Morgan fingerprint density at radius 3 is 2.65 bits per heavy atom. The largest absolute Gasteiger partial charge is 0.465 e. The number of rotatable bonds is 3. The highest BCUT2D eigenvalue weighted by atomic mass is 32.1. The molecule has 0 bridgehead atoms. The zero-order chi connectivity index (χ0) is 14.5. The van der Waals surface area contributed by atoms with E-state index in [2.05, 4.69) is 15.4 Å². The van der Waals surface area contributed by atoms with E-state index in [4.69, 9.17) is 17.0 Å². The summed E-state index contributed by atoms with van der Waals surface area (Å²) in [5.41, 5.74) is 1.16. The lowest BCUT2D eigenvalue weighted by atomic mass is 10.2. The smallest absolute Gasteiger partial charge is 0.337 e. The van der Waals surface area contributed by atoms with Crippen molar-refractivity contribution in [3.05, 3.63) is 29.8 Å². The molecule has 1 aliphatic rings. The van der Waals surface area contributed by atoms with Crippen LogP contribution in [0.2, 0.25) is 0 Å². The maximum Gasteiger partial charge on any atom is 0.337 e. The van der Waals surface area contributed by atoms with Gasteiger partial charge in [-0.15, -0.1) is 0 Å². The van der Waals surface area contributed by atoms with Gasteiger partial charge in [0.2, 0.25) is 0 Å². The third kappa shape index (κ3) is 3.45. The average Bonchev–Trinajstić information content (AvgIpc) is 2.84. The zero-order valence-corrected chi connectivity index (χ0v) is 11.7. The quantitative estimate of drug-likeness (QED) is 0.638. The predicted molar refractivity (Wildman–Crippen MR) is 76.5 cm³/mol. The van der Waals surface area contributed by atoms with Crippen LogP contribution in [0.5, 0.6) is 0 Å². The van der Waals surface area contributed by atoms with Crippen LogP contribution in [0.15, 0.2) is 24.3 Å². The Balaban J connectivity index is 1.91. The maximum atomic E-state index is 11.3. The van der Waals surface area contributed by atoms with Gasteiger partial charge in [0.05, 0.1) is 19.3 Å². The second kappa shape index (κ2) is 6.33. The van der Waals surface area contributed by atoms with Crippen molar-refractivity contribution < 1.29 is 19.1 Å². The van der Waals surface area contributed by atoms with Gasteiger partial charge in [0.15, 0.2) is 5.11 Å². The van der Waals surface area contributed by atoms with Gasteiger partial charge >= 0.3 is 11.9 Å². The van der Waals surface area contributed by atoms with Gasteiger partial charge in [-0.05, 0) is 36.5 Å². The lowest BCUT2D eigenvalue weighted by Gasteiger charge is -2.13. The molecule has 1 aliphatic heterocycles. The molecule has 106 valence electrons. The summed E-state index contributed by atoms with van der Waals surface area (Å²) in [6.45, 7) is 0.410. The molecule has 1 aromatic carbocycles. The summed E-state index contributed by atoms with van der Waals surface area (Å²) in [6, 6.07) is 6.26. The summed E-state index contributed by atoms with van der Waals surface area (Å²) >= 11 is 5.11. The summed E-state index contributed by atoms with van der Waals surface area (Å²) in [6.07, 6.45) is 0.599. The number of methoxy groups -OCH3 is 1. The van der Waals surface area contributed by atoms with Crippen molar-refractivity contribution in [3.63, 3.8) is 0 Å². The van der Waals surface area contributed by atoms with E-state index in [1.165, 1.54) is 7.11 Å². The van der Waals surface area contributed by atoms with Crippen LogP contribution in [0.1, 0.15) is 16.8 Å². The molecule has 1 unspecified atom stereocenters. The van der Waals surface area contributed by atoms with E-state index in [0.29, 0.717) is 29.4 Å². The van der Waals surface area contributed by atoms with E-state index in [-0.39, 0.29) is 5.97 Å². The van der Waals surface area contributed by atoms with E-state index >= 15 is 0 Å². The summed E-state index contributed by atoms with van der Waals surface area (Å²) in [5, 5.41) is 6.15. The van der Waals surface area contributed by atoms with Crippen LogP contribution in [0.4, 0.5) is 5.69 Å². The third-order valence-electron chi connectivity index (χ3n) is 2.80. The SMILES string of the molecule is COC(=O)c1ccc(NC(=S)NC2CCOC2=O)cc1. The number of nitrogens with one attached hydrogen (secondary N) is 2. The number of cyclic esters (lactones) is 1. The van der Waals surface area contributed by atoms with Crippen LogP contribution < -0.4 is 10.6 Å². The fourth-order valence-corrected chi connectivity index (χ4v) is 2.02. The third-order valence-corrected chi connectivity index (χ3v) is 3.02. The summed E-state index contributed by atoms with van der Waals surface area (Å²) < 4.78 is 9.44. The Hall–Kier alpha value is -2.15. The average molecular weight is 294 g/mol. The van der Waals surface area contributed by atoms with E-state index in [1.54, 1.807) is 24.3 Å². The van der Waals surface area contributed by atoms with Gasteiger partial charge in [-0.3, -0.25) is 0 Å². The number of hydrogen-bond donors (Lipinski definition) is 2. The second-order valence-corrected chi connectivity index (χ2v) is 4.58. The fourth-order valence-electron chi connectivity index (χ4n) is 1.76. The standard InChI is InChI=1S/C13H14N2O4S/c1-18-11(16)8-2-4-9(5-3-8)14-13(20)15-10-6-7-19-12(10)17/h2-5,10H,6-7H2,1H3,(H2,14,15,20). The van der Waals surface area contributed by atoms with Crippen LogP contribution in [-0.4, -0.2) is 36.8 Å². The van der Waals surface area contributed by atoms with E-state index in [1.807, 2.05) is 0 Å². The minimum absolute atomic E-state index is 0.296. The van der Waals surface area contributed by atoms with Gasteiger partial charge < -0.3 is 20.1 Å². The molecule has 2 N–H and O–H groups in total. The molecule has 20 heavy (non-hydrogen) atoms. The number of benzene rings is 1. The van der Waals surface area contributed by atoms with E-state index in [9.17, 15) is 9.59 Å². The number of hydrogen-bond acceptors (Lipinski definition) is 5. The number of ether oxygens (including phenoxy) is 2. The Bertz CT molecular complexity index is 530. The topological polar surface area (TPSA) is 76.7 Å². The fraction of sp³-hybridized carbons (Fsp3) is 0.308. The molecule has 1 atom stereocenters. The second-order valence-electron chi connectivity index (χ2n) is 4.18. The number of esters is 2. The minimum atomic E-state index is -0.399. The Morgan fingerprint density at radius 2 is 2.10 bits per heavy atom. The first-order valence-electron chi connectivity index (χ1n) is 6.02. The molecule has 2 rings (SSSR count). The molecule has 0 amide bonds.